The fourth-order valence-electron chi connectivity index (χ4n) is 2.70. The molecule has 0 bridgehead atoms. The molecule has 3 aromatic rings. The molecule has 3 rings (SSSR count). The van der Waals surface area contributed by atoms with Crippen molar-refractivity contribution < 1.29 is 15.0 Å². The van der Waals surface area contributed by atoms with E-state index in [2.05, 4.69) is 0 Å². The van der Waals surface area contributed by atoms with Crippen molar-refractivity contribution in [2.75, 3.05) is 0 Å². The van der Waals surface area contributed by atoms with E-state index in [4.69, 9.17) is 11.6 Å². The van der Waals surface area contributed by atoms with E-state index in [9.17, 15) is 15.0 Å². The molecular weight excluding hydrogens is 336 g/mol. The van der Waals surface area contributed by atoms with Gasteiger partial charge < -0.3 is 10.2 Å². The minimum absolute atomic E-state index is 0.145. The van der Waals surface area contributed by atoms with Crippen molar-refractivity contribution in [2.24, 2.45) is 0 Å². The van der Waals surface area contributed by atoms with E-state index in [-0.39, 0.29) is 27.9 Å². The number of ketones is 1. The standard InChI is InChI=1S/C21H17ClO3/c1-2-19(24)18-12-11-17(20(22)21(18)25)15-5-3-13(4-6-15)14-7-9-16(23)10-8-14/h3-12,23,25H,2H2,1H3. The molecule has 25 heavy (non-hydrogen) atoms. The molecular formula is C21H17ClO3. The highest BCUT2D eigenvalue weighted by Gasteiger charge is 2.16. The number of carbonyl (C=O) groups excluding carboxylic acids is 1. The van der Waals surface area contributed by atoms with Crippen molar-refractivity contribution in [1.82, 2.24) is 0 Å². The van der Waals surface area contributed by atoms with Crippen molar-refractivity contribution in [2.45, 2.75) is 13.3 Å². The number of hydrogen-bond acceptors (Lipinski definition) is 3. The van der Waals surface area contributed by atoms with Crippen LogP contribution >= 0.6 is 11.6 Å². The quantitative estimate of drug-likeness (QED) is 0.594. The van der Waals surface area contributed by atoms with Crippen LogP contribution in [0.25, 0.3) is 22.3 Å². The average Bonchev–Trinajstić information content (AvgIpc) is 2.64. The minimum Gasteiger partial charge on any atom is -0.508 e. The monoisotopic (exact) mass is 352 g/mol. The molecule has 126 valence electrons. The Morgan fingerprint density at radius 2 is 1.36 bits per heavy atom. The number of carbonyl (C=O) groups is 1. The largest absolute Gasteiger partial charge is 0.508 e. The third-order valence-electron chi connectivity index (χ3n) is 4.13. The maximum absolute atomic E-state index is 11.8. The number of phenolic OH excluding ortho intramolecular Hbond substituents is 2. The second-order valence-electron chi connectivity index (χ2n) is 5.72. The summed E-state index contributed by atoms with van der Waals surface area (Å²) in [5, 5.41) is 19.8. The maximum Gasteiger partial charge on any atom is 0.166 e. The summed E-state index contributed by atoms with van der Waals surface area (Å²) in [4.78, 5) is 11.8. The molecule has 0 aliphatic heterocycles. The van der Waals surface area contributed by atoms with Gasteiger partial charge in [-0.15, -0.1) is 0 Å². The van der Waals surface area contributed by atoms with Crippen LogP contribution in [0.3, 0.4) is 0 Å². The van der Waals surface area contributed by atoms with E-state index in [0.29, 0.717) is 12.0 Å². The van der Waals surface area contributed by atoms with E-state index in [1.165, 1.54) is 0 Å². The summed E-state index contributed by atoms with van der Waals surface area (Å²) in [6.45, 7) is 1.74. The number of phenols is 2. The lowest BCUT2D eigenvalue weighted by Crippen LogP contribution is -1.97. The molecule has 0 fully saturated rings. The summed E-state index contributed by atoms with van der Waals surface area (Å²) >= 11 is 6.28. The van der Waals surface area contributed by atoms with Gasteiger partial charge in [-0.25, -0.2) is 0 Å². The molecule has 0 saturated carbocycles. The summed E-state index contributed by atoms with van der Waals surface area (Å²) in [7, 11) is 0. The fourth-order valence-corrected chi connectivity index (χ4v) is 2.97. The predicted molar refractivity (Wildman–Crippen MR) is 100 cm³/mol. The Bertz CT molecular complexity index is 913. The van der Waals surface area contributed by atoms with E-state index in [1.807, 2.05) is 36.4 Å². The van der Waals surface area contributed by atoms with Crippen molar-refractivity contribution in [3.63, 3.8) is 0 Å². The Labute approximate surface area is 151 Å². The summed E-state index contributed by atoms with van der Waals surface area (Å²) in [5.41, 5.74) is 3.75. The van der Waals surface area contributed by atoms with Crippen LogP contribution in [0.5, 0.6) is 11.5 Å². The zero-order valence-electron chi connectivity index (χ0n) is 13.7. The zero-order valence-corrected chi connectivity index (χ0v) is 14.4. The summed E-state index contributed by atoms with van der Waals surface area (Å²) < 4.78 is 0. The van der Waals surface area contributed by atoms with Crippen LogP contribution in [0.4, 0.5) is 0 Å². The lowest BCUT2D eigenvalue weighted by molar-refractivity contribution is 0.0985. The van der Waals surface area contributed by atoms with Crippen LogP contribution in [0.2, 0.25) is 5.02 Å². The van der Waals surface area contributed by atoms with Crippen LogP contribution < -0.4 is 0 Å². The minimum atomic E-state index is -0.173. The third kappa shape index (κ3) is 3.37. The molecule has 0 aliphatic carbocycles. The Balaban J connectivity index is 1.96. The van der Waals surface area contributed by atoms with Gasteiger partial charge in [-0.2, -0.15) is 0 Å². The van der Waals surface area contributed by atoms with Gasteiger partial charge in [0.05, 0.1) is 10.6 Å². The summed E-state index contributed by atoms with van der Waals surface area (Å²) in [6.07, 6.45) is 0.310. The second-order valence-corrected chi connectivity index (χ2v) is 6.10. The van der Waals surface area contributed by atoms with Crippen LogP contribution in [0.15, 0.2) is 60.7 Å². The van der Waals surface area contributed by atoms with Gasteiger partial charge in [-0.3, -0.25) is 4.79 Å². The molecule has 4 heteroatoms. The number of benzene rings is 3. The molecule has 0 atom stereocenters. The van der Waals surface area contributed by atoms with Crippen molar-refractivity contribution in [3.05, 3.63) is 71.2 Å². The highest BCUT2D eigenvalue weighted by Crippen LogP contribution is 2.38. The molecule has 2 N–H and O–H groups in total. The van der Waals surface area contributed by atoms with Crippen molar-refractivity contribution in [3.8, 4) is 33.8 Å². The zero-order chi connectivity index (χ0) is 18.0. The van der Waals surface area contributed by atoms with Crippen molar-refractivity contribution >= 4 is 17.4 Å². The maximum atomic E-state index is 11.8. The first-order valence-corrected chi connectivity index (χ1v) is 8.33. The molecule has 0 saturated heterocycles. The molecule has 0 aromatic heterocycles. The molecule has 3 nitrogen and oxygen atoms in total. The van der Waals surface area contributed by atoms with E-state index in [1.54, 1.807) is 31.2 Å². The SMILES string of the molecule is CCC(=O)c1ccc(-c2ccc(-c3ccc(O)cc3)cc2)c(Cl)c1O. The summed E-state index contributed by atoms with van der Waals surface area (Å²) in [6, 6.07) is 18.0. The van der Waals surface area contributed by atoms with E-state index < -0.39 is 0 Å². The Morgan fingerprint density at radius 1 is 0.840 bits per heavy atom. The van der Waals surface area contributed by atoms with Gasteiger partial charge in [-0.1, -0.05) is 61.0 Å². The number of halogens is 1. The predicted octanol–water partition coefficient (Wildman–Crippen LogP) is 5.68. The third-order valence-corrected chi connectivity index (χ3v) is 4.52. The molecule has 0 unspecified atom stereocenters. The Hall–Kier alpha value is -2.78. The smallest absolute Gasteiger partial charge is 0.166 e. The van der Waals surface area contributed by atoms with Crippen LogP contribution in [-0.2, 0) is 0 Å². The van der Waals surface area contributed by atoms with E-state index >= 15 is 0 Å². The van der Waals surface area contributed by atoms with Gasteiger partial charge >= 0.3 is 0 Å². The topological polar surface area (TPSA) is 57.5 Å². The lowest BCUT2D eigenvalue weighted by atomic mass is 9.98. The highest BCUT2D eigenvalue weighted by molar-refractivity contribution is 6.35. The van der Waals surface area contributed by atoms with E-state index in [0.717, 1.165) is 16.7 Å². The summed E-state index contributed by atoms with van der Waals surface area (Å²) in [5.74, 6) is -0.0911. The molecule has 0 radical (unpaired) electrons. The van der Waals surface area contributed by atoms with Gasteiger partial charge in [0.1, 0.15) is 11.5 Å². The lowest BCUT2D eigenvalue weighted by Gasteiger charge is -2.11. The van der Waals surface area contributed by atoms with Crippen LogP contribution in [0.1, 0.15) is 23.7 Å². The fraction of sp³-hybridized carbons (Fsp3) is 0.0952. The number of hydrogen-bond donors (Lipinski definition) is 2. The molecule has 0 aliphatic rings. The number of aromatic hydroxyl groups is 2. The molecule has 0 spiro atoms. The number of Topliss-reactive ketones (excluding diaryl/α,β-unsaturated/α-hetero) is 1. The molecule has 3 aromatic carbocycles. The molecule has 0 heterocycles. The van der Waals surface area contributed by atoms with Crippen LogP contribution in [-0.4, -0.2) is 16.0 Å². The van der Waals surface area contributed by atoms with Gasteiger partial charge in [0, 0.05) is 12.0 Å². The second kappa shape index (κ2) is 6.99. The average molecular weight is 353 g/mol. The molecule has 0 amide bonds. The normalized spacial score (nSPS) is 10.6. The Morgan fingerprint density at radius 3 is 1.92 bits per heavy atom. The van der Waals surface area contributed by atoms with Crippen molar-refractivity contribution in [1.29, 1.82) is 0 Å². The first kappa shape index (κ1) is 17.1. The number of rotatable bonds is 4. The van der Waals surface area contributed by atoms with Gasteiger partial charge in [0.15, 0.2) is 5.78 Å². The van der Waals surface area contributed by atoms with Crippen LogP contribution in [0, 0.1) is 0 Å². The van der Waals surface area contributed by atoms with Gasteiger partial charge in [0.2, 0.25) is 0 Å². The first-order chi connectivity index (χ1) is 12.0. The Kier molecular flexibility index (Phi) is 4.77. The highest BCUT2D eigenvalue weighted by atomic mass is 35.5. The van der Waals surface area contributed by atoms with Gasteiger partial charge in [-0.05, 0) is 34.9 Å². The van der Waals surface area contributed by atoms with Gasteiger partial charge in [0.25, 0.3) is 0 Å². The first-order valence-electron chi connectivity index (χ1n) is 7.95.